The summed E-state index contributed by atoms with van der Waals surface area (Å²) in [7, 11) is 1.45. The topological polar surface area (TPSA) is 70.6 Å². The van der Waals surface area contributed by atoms with Crippen LogP contribution < -0.4 is 15.4 Å². The largest absolute Gasteiger partial charge is 0.480 e. The number of carbonyl (C=O) groups excluding carboxylic acids is 1. The van der Waals surface area contributed by atoms with E-state index < -0.39 is 29.2 Å². The van der Waals surface area contributed by atoms with Crippen molar-refractivity contribution >= 4 is 17.5 Å². The second-order valence-corrected chi connectivity index (χ2v) is 10.4. The lowest BCUT2D eigenvalue weighted by molar-refractivity contribution is 0.0539. The van der Waals surface area contributed by atoms with Gasteiger partial charge in [0.05, 0.1) is 22.7 Å². The third kappa shape index (κ3) is 3.67. The number of ether oxygens (including phenoxy) is 1. The molecular weight excluding hydrogens is 498 g/mol. The number of halogens is 3. The second kappa shape index (κ2) is 9.08. The van der Waals surface area contributed by atoms with Crippen LogP contribution in [0, 0.1) is 11.6 Å². The first-order chi connectivity index (χ1) is 17.9. The highest BCUT2D eigenvalue weighted by atomic mass is 35.5. The van der Waals surface area contributed by atoms with E-state index in [-0.39, 0.29) is 33.5 Å². The first kappa shape index (κ1) is 24.3. The average Bonchev–Trinajstić information content (AvgIpc) is 3.65. The van der Waals surface area contributed by atoms with E-state index >= 15 is 8.78 Å². The molecule has 5 nitrogen and oxygen atoms in total. The number of amides is 1. The Morgan fingerprint density at radius 2 is 1.95 bits per heavy atom. The van der Waals surface area contributed by atoms with Gasteiger partial charge in [0, 0.05) is 36.2 Å². The summed E-state index contributed by atoms with van der Waals surface area (Å²) in [5, 5.41) is 16.2. The Morgan fingerprint density at radius 3 is 2.65 bits per heavy atom. The highest BCUT2D eigenvalue weighted by molar-refractivity contribution is 6.34. The molecule has 1 saturated heterocycles. The number of fused-ring (bicyclic) bond motifs is 2. The number of hydrogen-bond acceptors (Lipinski definition) is 4. The third-order valence-electron chi connectivity index (χ3n) is 8.05. The molecule has 37 heavy (non-hydrogen) atoms. The van der Waals surface area contributed by atoms with Crippen LogP contribution in [0.25, 0.3) is 11.1 Å². The Labute approximate surface area is 218 Å². The van der Waals surface area contributed by atoms with Gasteiger partial charge in [-0.25, -0.2) is 8.78 Å². The number of aliphatic hydroxyl groups excluding tert-OH is 1. The molecule has 1 unspecified atom stereocenters. The van der Waals surface area contributed by atoms with Crippen molar-refractivity contribution in [3.63, 3.8) is 0 Å². The minimum Gasteiger partial charge on any atom is -0.480 e. The van der Waals surface area contributed by atoms with Crippen LogP contribution in [0.3, 0.4) is 0 Å². The molecule has 192 valence electrons. The molecule has 1 amide bonds. The van der Waals surface area contributed by atoms with Crippen molar-refractivity contribution in [2.45, 2.75) is 49.9 Å². The van der Waals surface area contributed by atoms with Crippen LogP contribution >= 0.6 is 11.6 Å². The van der Waals surface area contributed by atoms with Gasteiger partial charge >= 0.3 is 0 Å². The van der Waals surface area contributed by atoms with Crippen LogP contribution in [0.5, 0.6) is 5.75 Å². The second-order valence-electron chi connectivity index (χ2n) is 10.0. The Balaban J connectivity index is 1.61. The van der Waals surface area contributed by atoms with Crippen molar-refractivity contribution in [3.8, 4) is 16.9 Å². The van der Waals surface area contributed by atoms with E-state index in [2.05, 4.69) is 10.6 Å². The maximum atomic E-state index is 16.3. The molecule has 0 saturated carbocycles. The van der Waals surface area contributed by atoms with Crippen LogP contribution in [0.4, 0.5) is 8.78 Å². The summed E-state index contributed by atoms with van der Waals surface area (Å²) < 4.78 is 38.2. The van der Waals surface area contributed by atoms with Gasteiger partial charge < -0.3 is 20.5 Å². The minimum absolute atomic E-state index is 0.00519. The van der Waals surface area contributed by atoms with Crippen molar-refractivity contribution in [2.75, 3.05) is 13.6 Å². The smallest absolute Gasteiger partial charge is 0.251 e. The molecule has 0 radical (unpaired) electrons. The Kier molecular flexibility index (Phi) is 5.97. The molecular formula is C29H27ClF2N2O3. The highest BCUT2D eigenvalue weighted by Gasteiger charge is 2.50. The molecule has 8 heteroatoms. The quantitative estimate of drug-likeness (QED) is 0.438. The summed E-state index contributed by atoms with van der Waals surface area (Å²) in [6, 6.07) is 12.5. The maximum Gasteiger partial charge on any atom is 0.251 e. The number of carbonyl (C=O) groups is 1. The van der Waals surface area contributed by atoms with E-state index in [4.69, 9.17) is 16.3 Å². The van der Waals surface area contributed by atoms with E-state index in [9.17, 15) is 9.90 Å². The summed E-state index contributed by atoms with van der Waals surface area (Å²) in [6.45, 7) is 0.837. The van der Waals surface area contributed by atoms with Gasteiger partial charge in [0.2, 0.25) is 0 Å². The van der Waals surface area contributed by atoms with Crippen molar-refractivity contribution in [2.24, 2.45) is 0 Å². The fraction of sp³-hybridized carbons (Fsp3) is 0.345. The molecule has 0 bridgehead atoms. The monoisotopic (exact) mass is 524 g/mol. The van der Waals surface area contributed by atoms with E-state index in [1.807, 2.05) is 30.3 Å². The fourth-order valence-corrected chi connectivity index (χ4v) is 6.54. The molecule has 1 aliphatic carbocycles. The first-order valence-corrected chi connectivity index (χ1v) is 13.0. The summed E-state index contributed by atoms with van der Waals surface area (Å²) in [5.74, 6) is -1.66. The zero-order chi connectivity index (χ0) is 25.9. The van der Waals surface area contributed by atoms with Crippen LogP contribution in [0.15, 0.2) is 42.5 Å². The molecule has 3 N–H and O–H groups in total. The van der Waals surface area contributed by atoms with Gasteiger partial charge in [-0.05, 0) is 55.0 Å². The molecule has 2 aliphatic heterocycles. The maximum absolute atomic E-state index is 16.3. The molecule has 3 aromatic carbocycles. The van der Waals surface area contributed by atoms with E-state index in [0.29, 0.717) is 36.0 Å². The van der Waals surface area contributed by atoms with Crippen molar-refractivity contribution in [1.82, 2.24) is 10.6 Å². The number of rotatable bonds is 4. The van der Waals surface area contributed by atoms with E-state index in [0.717, 1.165) is 24.9 Å². The van der Waals surface area contributed by atoms with Crippen molar-refractivity contribution in [1.29, 1.82) is 0 Å². The normalized spacial score (nSPS) is 24.0. The van der Waals surface area contributed by atoms with Gasteiger partial charge in [0.1, 0.15) is 17.4 Å². The van der Waals surface area contributed by atoms with Gasteiger partial charge in [-0.3, -0.25) is 4.79 Å². The minimum atomic E-state index is -0.863. The summed E-state index contributed by atoms with van der Waals surface area (Å²) >= 11 is 6.59. The zero-order valence-corrected chi connectivity index (χ0v) is 21.1. The Morgan fingerprint density at radius 1 is 1.16 bits per heavy atom. The number of aliphatic hydroxyl groups is 1. The average molecular weight is 525 g/mol. The van der Waals surface area contributed by atoms with Crippen LogP contribution in [0.2, 0.25) is 5.02 Å². The number of hydrogen-bond donors (Lipinski definition) is 3. The van der Waals surface area contributed by atoms with Crippen molar-refractivity contribution in [3.05, 3.63) is 86.9 Å². The lowest BCUT2D eigenvalue weighted by Gasteiger charge is -2.35. The molecule has 0 spiro atoms. The van der Waals surface area contributed by atoms with Gasteiger partial charge in [-0.2, -0.15) is 0 Å². The molecule has 3 aromatic rings. The van der Waals surface area contributed by atoms with Crippen LogP contribution in [-0.2, 0) is 18.4 Å². The zero-order valence-electron chi connectivity index (χ0n) is 20.3. The molecule has 3 aliphatic rings. The summed E-state index contributed by atoms with van der Waals surface area (Å²) in [4.78, 5) is 13.0. The lowest BCUT2D eigenvalue weighted by Crippen LogP contribution is -2.48. The third-order valence-corrected chi connectivity index (χ3v) is 8.42. The van der Waals surface area contributed by atoms with E-state index in [1.165, 1.54) is 19.2 Å². The molecule has 1 fully saturated rings. The summed E-state index contributed by atoms with van der Waals surface area (Å²) in [5.41, 5.74) is 1.44. The SMILES string of the molecule is CNC(=O)c1cc2c(c(F)c1-c1c(Cl)c(F)cc3c1C[C@](c1ccccc1)([C@@H]1CCCN1)O3)CCC2O. The van der Waals surface area contributed by atoms with Crippen LogP contribution in [0.1, 0.15) is 58.0 Å². The van der Waals surface area contributed by atoms with E-state index in [1.54, 1.807) is 0 Å². The summed E-state index contributed by atoms with van der Waals surface area (Å²) in [6.07, 6.45) is 1.97. The first-order valence-electron chi connectivity index (χ1n) is 12.6. The highest BCUT2D eigenvalue weighted by Crippen LogP contribution is 2.53. The van der Waals surface area contributed by atoms with Gasteiger partial charge in [0.25, 0.3) is 5.91 Å². The number of nitrogens with one attached hydrogen (secondary N) is 2. The molecule has 6 rings (SSSR count). The van der Waals surface area contributed by atoms with Gasteiger partial charge in [-0.15, -0.1) is 0 Å². The predicted molar refractivity (Wildman–Crippen MR) is 137 cm³/mol. The molecule has 0 aromatic heterocycles. The van der Waals surface area contributed by atoms with Gasteiger partial charge in [0.15, 0.2) is 5.60 Å². The lowest BCUT2D eigenvalue weighted by atomic mass is 9.80. The Bertz CT molecular complexity index is 1410. The number of benzene rings is 3. The standard InChI is InChI=1S/C29H27ClF2N2O3/c1-33-28(36)18-12-17-16(9-10-21(17)35)27(32)25(18)24-19-14-29(23-8-5-11-34-23,15-6-3-2-4-7-15)37-22(19)13-20(31)26(24)30/h2-4,6-7,12-13,21,23,34-35H,5,8-11,14H2,1H3,(H,33,36)/t21?,23-,29-/m0/s1. The predicted octanol–water partition coefficient (Wildman–Crippen LogP) is 5.21. The molecule has 2 heterocycles. The Hall–Kier alpha value is -3.00. The van der Waals surface area contributed by atoms with Crippen molar-refractivity contribution < 1.29 is 23.4 Å². The molecule has 3 atom stereocenters. The van der Waals surface area contributed by atoms with Gasteiger partial charge in [-0.1, -0.05) is 41.9 Å². The van der Waals surface area contributed by atoms with Crippen LogP contribution in [-0.4, -0.2) is 30.6 Å². The fourth-order valence-electron chi connectivity index (χ4n) is 6.28.